The smallest absolute Gasteiger partial charge is 0.251 e. The summed E-state index contributed by atoms with van der Waals surface area (Å²) in [5.74, 6) is 6.26. The molecule has 2 aromatic rings. The molecular formula is C16H17N3O2. The number of aromatic nitrogens is 1. The number of hydrogen-bond donors (Lipinski definition) is 2. The van der Waals surface area contributed by atoms with Crippen molar-refractivity contribution < 1.29 is 9.32 Å². The number of carbonyl (C=O) groups excluding carboxylic acids is 1. The van der Waals surface area contributed by atoms with Crippen LogP contribution in [-0.4, -0.2) is 17.6 Å². The molecule has 2 rings (SSSR count). The zero-order valence-electron chi connectivity index (χ0n) is 12.1. The summed E-state index contributed by atoms with van der Waals surface area (Å²) in [6.07, 6.45) is 0. The van der Waals surface area contributed by atoms with Crippen molar-refractivity contribution in [1.29, 1.82) is 0 Å². The average Bonchev–Trinajstić information content (AvgIpc) is 2.87. The van der Waals surface area contributed by atoms with Crippen molar-refractivity contribution in [3.8, 4) is 11.8 Å². The number of nitrogens with two attached hydrogens (primary N) is 1. The maximum absolute atomic E-state index is 12.2. The second-order valence-electron chi connectivity index (χ2n) is 4.71. The molecule has 1 aromatic carbocycles. The summed E-state index contributed by atoms with van der Waals surface area (Å²) in [5.41, 5.74) is 8.37. The van der Waals surface area contributed by atoms with Crippen LogP contribution in [0.3, 0.4) is 0 Å². The van der Waals surface area contributed by atoms with Gasteiger partial charge in [0.15, 0.2) is 0 Å². The Balaban J connectivity index is 2.09. The summed E-state index contributed by atoms with van der Waals surface area (Å²) < 4.78 is 4.95. The van der Waals surface area contributed by atoms with Gasteiger partial charge in [-0.25, -0.2) is 0 Å². The lowest BCUT2D eigenvalue weighted by atomic mass is 10.1. The van der Waals surface area contributed by atoms with Crippen molar-refractivity contribution in [2.24, 2.45) is 5.73 Å². The van der Waals surface area contributed by atoms with Gasteiger partial charge in [-0.15, -0.1) is 0 Å². The Morgan fingerprint density at radius 2 is 2.14 bits per heavy atom. The normalized spacial score (nSPS) is 9.86. The van der Waals surface area contributed by atoms with Gasteiger partial charge in [-0.3, -0.25) is 4.79 Å². The lowest BCUT2D eigenvalue weighted by molar-refractivity contribution is 0.0950. The number of amides is 1. The molecule has 0 fully saturated rings. The van der Waals surface area contributed by atoms with Crippen LogP contribution in [0.2, 0.25) is 0 Å². The standard InChI is InChI=1S/C16H17N3O2/c1-11-6-13(4-3-5-17)9-14(7-11)16(20)18-10-15-8-12(2)21-19-15/h6-9H,5,10,17H2,1-2H3,(H,18,20). The molecule has 0 radical (unpaired) electrons. The molecule has 1 heterocycles. The Bertz CT molecular complexity index is 708. The van der Waals surface area contributed by atoms with Crippen LogP contribution in [0, 0.1) is 25.7 Å². The topological polar surface area (TPSA) is 81.2 Å². The van der Waals surface area contributed by atoms with Crippen LogP contribution in [0.5, 0.6) is 0 Å². The molecular weight excluding hydrogens is 266 g/mol. The van der Waals surface area contributed by atoms with Gasteiger partial charge in [-0.1, -0.05) is 17.0 Å². The van der Waals surface area contributed by atoms with Crippen molar-refractivity contribution in [2.45, 2.75) is 20.4 Å². The Kier molecular flexibility index (Phi) is 4.75. The predicted octanol–water partition coefficient (Wildman–Crippen LogP) is 1.53. The third-order valence-electron chi connectivity index (χ3n) is 2.78. The molecule has 0 bridgehead atoms. The minimum Gasteiger partial charge on any atom is -0.361 e. The van der Waals surface area contributed by atoms with Crippen LogP contribution in [0.15, 0.2) is 28.8 Å². The number of aryl methyl sites for hydroxylation is 2. The molecule has 21 heavy (non-hydrogen) atoms. The summed E-state index contributed by atoms with van der Waals surface area (Å²) >= 11 is 0. The van der Waals surface area contributed by atoms with E-state index in [1.54, 1.807) is 19.1 Å². The third kappa shape index (κ3) is 4.20. The van der Waals surface area contributed by atoms with E-state index in [9.17, 15) is 4.79 Å². The molecule has 1 amide bonds. The minimum absolute atomic E-state index is 0.171. The molecule has 0 unspecified atom stereocenters. The molecule has 3 N–H and O–H groups in total. The maximum Gasteiger partial charge on any atom is 0.251 e. The quantitative estimate of drug-likeness (QED) is 0.837. The van der Waals surface area contributed by atoms with Gasteiger partial charge in [0.2, 0.25) is 0 Å². The highest BCUT2D eigenvalue weighted by atomic mass is 16.5. The summed E-state index contributed by atoms with van der Waals surface area (Å²) in [6.45, 7) is 4.35. The highest BCUT2D eigenvalue weighted by Gasteiger charge is 2.08. The van der Waals surface area contributed by atoms with Crippen LogP contribution < -0.4 is 11.1 Å². The average molecular weight is 283 g/mol. The largest absolute Gasteiger partial charge is 0.361 e. The zero-order valence-corrected chi connectivity index (χ0v) is 12.1. The summed E-state index contributed by atoms with van der Waals surface area (Å²) in [4.78, 5) is 12.2. The first-order chi connectivity index (χ1) is 10.1. The van der Waals surface area contributed by atoms with Crippen molar-refractivity contribution in [2.75, 3.05) is 6.54 Å². The number of nitrogens with one attached hydrogen (secondary N) is 1. The summed E-state index contributed by atoms with van der Waals surface area (Å²) in [5, 5.41) is 6.64. The van der Waals surface area contributed by atoms with E-state index < -0.39 is 0 Å². The van der Waals surface area contributed by atoms with E-state index in [1.165, 1.54) is 0 Å². The van der Waals surface area contributed by atoms with E-state index in [-0.39, 0.29) is 5.91 Å². The first-order valence-electron chi connectivity index (χ1n) is 6.59. The second-order valence-corrected chi connectivity index (χ2v) is 4.71. The van der Waals surface area contributed by atoms with Crippen molar-refractivity contribution in [3.05, 3.63) is 52.4 Å². The second kappa shape index (κ2) is 6.73. The van der Waals surface area contributed by atoms with Crippen molar-refractivity contribution >= 4 is 5.91 Å². The van der Waals surface area contributed by atoms with Crippen LogP contribution in [0.25, 0.3) is 0 Å². The molecule has 108 valence electrons. The molecule has 0 aliphatic rings. The van der Waals surface area contributed by atoms with Gasteiger partial charge in [-0.2, -0.15) is 0 Å². The molecule has 0 aliphatic carbocycles. The Morgan fingerprint density at radius 3 is 2.81 bits per heavy atom. The Hall–Kier alpha value is -2.58. The number of rotatable bonds is 3. The van der Waals surface area contributed by atoms with Gasteiger partial charge in [0.1, 0.15) is 11.5 Å². The summed E-state index contributed by atoms with van der Waals surface area (Å²) in [6, 6.07) is 7.27. The van der Waals surface area contributed by atoms with E-state index in [0.717, 1.165) is 11.1 Å². The molecule has 0 spiro atoms. The Labute approximate surface area is 123 Å². The number of carbonyl (C=O) groups is 1. The zero-order chi connectivity index (χ0) is 15.2. The van der Waals surface area contributed by atoms with E-state index >= 15 is 0 Å². The molecule has 0 aliphatic heterocycles. The number of benzene rings is 1. The van der Waals surface area contributed by atoms with E-state index in [4.69, 9.17) is 10.3 Å². The van der Waals surface area contributed by atoms with Gasteiger partial charge < -0.3 is 15.6 Å². The van der Waals surface area contributed by atoms with Gasteiger partial charge in [0.05, 0.1) is 13.1 Å². The fourth-order valence-corrected chi connectivity index (χ4v) is 1.91. The van der Waals surface area contributed by atoms with Gasteiger partial charge in [-0.05, 0) is 37.6 Å². The minimum atomic E-state index is -0.171. The lowest BCUT2D eigenvalue weighted by Gasteiger charge is -2.05. The summed E-state index contributed by atoms with van der Waals surface area (Å²) in [7, 11) is 0. The Morgan fingerprint density at radius 1 is 1.33 bits per heavy atom. The third-order valence-corrected chi connectivity index (χ3v) is 2.78. The van der Waals surface area contributed by atoms with Crippen LogP contribution in [-0.2, 0) is 6.54 Å². The SMILES string of the molecule is Cc1cc(C#CCN)cc(C(=O)NCc2cc(C)on2)c1. The monoisotopic (exact) mass is 283 g/mol. The fraction of sp³-hybridized carbons (Fsp3) is 0.250. The molecule has 5 nitrogen and oxygen atoms in total. The van der Waals surface area contributed by atoms with E-state index in [2.05, 4.69) is 22.3 Å². The predicted molar refractivity (Wildman–Crippen MR) is 79.5 cm³/mol. The van der Waals surface area contributed by atoms with Gasteiger partial charge in [0, 0.05) is 17.2 Å². The van der Waals surface area contributed by atoms with Crippen LogP contribution in [0.1, 0.15) is 32.9 Å². The molecule has 0 saturated carbocycles. The van der Waals surface area contributed by atoms with E-state index in [0.29, 0.717) is 30.1 Å². The van der Waals surface area contributed by atoms with Gasteiger partial charge >= 0.3 is 0 Å². The van der Waals surface area contributed by atoms with Crippen molar-refractivity contribution in [3.63, 3.8) is 0 Å². The maximum atomic E-state index is 12.2. The van der Waals surface area contributed by atoms with Crippen LogP contribution in [0.4, 0.5) is 0 Å². The molecule has 1 aromatic heterocycles. The van der Waals surface area contributed by atoms with Crippen molar-refractivity contribution in [1.82, 2.24) is 10.5 Å². The first-order valence-corrected chi connectivity index (χ1v) is 6.59. The number of nitrogens with zero attached hydrogens (tertiary/aromatic N) is 1. The van der Waals surface area contributed by atoms with Crippen LogP contribution >= 0.6 is 0 Å². The highest BCUT2D eigenvalue weighted by Crippen LogP contribution is 2.09. The lowest BCUT2D eigenvalue weighted by Crippen LogP contribution is -2.23. The highest BCUT2D eigenvalue weighted by molar-refractivity contribution is 5.94. The number of hydrogen-bond acceptors (Lipinski definition) is 4. The van der Waals surface area contributed by atoms with E-state index in [1.807, 2.05) is 19.1 Å². The molecule has 5 heteroatoms. The van der Waals surface area contributed by atoms with Gasteiger partial charge in [0.25, 0.3) is 5.91 Å². The molecule has 0 saturated heterocycles. The molecule has 0 atom stereocenters. The first kappa shape index (κ1) is 14.8. The fourth-order valence-electron chi connectivity index (χ4n) is 1.91.